The zero-order valence-electron chi connectivity index (χ0n) is 6.39. The van der Waals surface area contributed by atoms with Crippen molar-refractivity contribution in [1.29, 1.82) is 0 Å². The first-order chi connectivity index (χ1) is 4.31. The van der Waals surface area contributed by atoms with Gasteiger partial charge in [-0.1, -0.05) is 6.92 Å². The standard InChI is InChI=1S/C6H15N3/c1-4-5-8-9(3)6-7-2/h6,8H,4-5H2,1-3H3. The molecule has 0 unspecified atom stereocenters. The predicted octanol–water partition coefficient (Wildman–Crippen LogP) is 0.491. The summed E-state index contributed by atoms with van der Waals surface area (Å²) in [6, 6.07) is 0. The van der Waals surface area contributed by atoms with Gasteiger partial charge in [0.05, 0.1) is 6.34 Å². The summed E-state index contributed by atoms with van der Waals surface area (Å²) >= 11 is 0. The maximum atomic E-state index is 3.83. The molecule has 0 radical (unpaired) electrons. The van der Waals surface area contributed by atoms with Crippen molar-refractivity contribution in [1.82, 2.24) is 10.4 Å². The largest absolute Gasteiger partial charge is 0.302 e. The zero-order valence-corrected chi connectivity index (χ0v) is 6.39. The van der Waals surface area contributed by atoms with Crippen LogP contribution in [-0.4, -0.2) is 32.0 Å². The van der Waals surface area contributed by atoms with E-state index in [0.717, 1.165) is 13.0 Å². The van der Waals surface area contributed by atoms with E-state index in [1.165, 1.54) is 0 Å². The molecule has 0 aliphatic rings. The second-order valence-corrected chi connectivity index (χ2v) is 1.89. The molecule has 3 heteroatoms. The second-order valence-electron chi connectivity index (χ2n) is 1.89. The average molecular weight is 129 g/mol. The summed E-state index contributed by atoms with van der Waals surface area (Å²) in [4.78, 5) is 3.83. The Labute approximate surface area is 56.7 Å². The fourth-order valence-corrected chi connectivity index (χ4v) is 0.502. The molecule has 54 valence electrons. The second kappa shape index (κ2) is 5.56. The molecule has 0 aliphatic heterocycles. The van der Waals surface area contributed by atoms with Crippen molar-refractivity contribution in [2.75, 3.05) is 20.6 Å². The predicted molar refractivity (Wildman–Crippen MR) is 40.5 cm³/mol. The highest BCUT2D eigenvalue weighted by Gasteiger charge is 1.84. The van der Waals surface area contributed by atoms with Gasteiger partial charge in [0, 0.05) is 20.6 Å². The lowest BCUT2D eigenvalue weighted by Crippen LogP contribution is -2.33. The van der Waals surface area contributed by atoms with Gasteiger partial charge in [-0.15, -0.1) is 0 Å². The fraction of sp³-hybridized carbons (Fsp3) is 0.833. The van der Waals surface area contributed by atoms with Crippen molar-refractivity contribution in [2.45, 2.75) is 13.3 Å². The molecule has 0 fully saturated rings. The molecule has 0 aromatic rings. The fourth-order valence-electron chi connectivity index (χ4n) is 0.502. The average Bonchev–Trinajstić information content (AvgIpc) is 1.85. The smallest absolute Gasteiger partial charge is 0.0986 e. The topological polar surface area (TPSA) is 27.6 Å². The molecule has 0 heterocycles. The van der Waals surface area contributed by atoms with Gasteiger partial charge in [-0.25, -0.2) is 5.43 Å². The van der Waals surface area contributed by atoms with Crippen LogP contribution in [0.2, 0.25) is 0 Å². The maximum Gasteiger partial charge on any atom is 0.0986 e. The minimum atomic E-state index is 1.00. The van der Waals surface area contributed by atoms with Crippen LogP contribution in [0.1, 0.15) is 13.3 Å². The Morgan fingerprint density at radius 1 is 1.67 bits per heavy atom. The van der Waals surface area contributed by atoms with Crippen molar-refractivity contribution in [3.05, 3.63) is 0 Å². The van der Waals surface area contributed by atoms with E-state index < -0.39 is 0 Å². The summed E-state index contributed by atoms with van der Waals surface area (Å²) in [5, 5.41) is 1.85. The highest BCUT2D eigenvalue weighted by Crippen LogP contribution is 1.71. The Bertz CT molecular complexity index is 80.4. The number of aliphatic imine (C=N–C) groups is 1. The van der Waals surface area contributed by atoms with E-state index in [-0.39, 0.29) is 0 Å². The van der Waals surface area contributed by atoms with Crippen molar-refractivity contribution in [2.24, 2.45) is 4.99 Å². The van der Waals surface area contributed by atoms with Gasteiger partial charge in [-0.3, -0.25) is 4.99 Å². The van der Waals surface area contributed by atoms with Crippen LogP contribution in [0.5, 0.6) is 0 Å². The number of hydrogen-bond donors (Lipinski definition) is 1. The third-order valence-electron chi connectivity index (χ3n) is 0.900. The molecule has 0 rings (SSSR count). The number of hydrazine groups is 1. The van der Waals surface area contributed by atoms with Gasteiger partial charge in [0.1, 0.15) is 0 Å². The molecule has 9 heavy (non-hydrogen) atoms. The van der Waals surface area contributed by atoms with Crippen LogP contribution < -0.4 is 5.43 Å². The number of nitrogens with one attached hydrogen (secondary N) is 1. The van der Waals surface area contributed by atoms with E-state index in [2.05, 4.69) is 17.3 Å². The molecule has 0 bridgehead atoms. The highest BCUT2D eigenvalue weighted by molar-refractivity contribution is 5.53. The molecular formula is C6H15N3. The van der Waals surface area contributed by atoms with Crippen LogP contribution in [0, 0.1) is 0 Å². The maximum absolute atomic E-state index is 3.83. The van der Waals surface area contributed by atoms with E-state index in [0.29, 0.717) is 0 Å². The summed E-state index contributed by atoms with van der Waals surface area (Å²) in [6.45, 7) is 3.13. The molecule has 0 aromatic carbocycles. The Balaban J connectivity index is 3.15. The molecule has 3 nitrogen and oxygen atoms in total. The summed E-state index contributed by atoms with van der Waals surface area (Å²) in [7, 11) is 3.69. The molecule has 0 aliphatic carbocycles. The lowest BCUT2D eigenvalue weighted by Gasteiger charge is -2.12. The van der Waals surface area contributed by atoms with E-state index in [4.69, 9.17) is 0 Å². The van der Waals surface area contributed by atoms with Crippen LogP contribution in [0.15, 0.2) is 4.99 Å². The van der Waals surface area contributed by atoms with Crippen LogP contribution in [-0.2, 0) is 0 Å². The summed E-state index contributed by atoms with van der Waals surface area (Å²) in [6.07, 6.45) is 2.89. The van der Waals surface area contributed by atoms with Gasteiger partial charge in [0.2, 0.25) is 0 Å². The first-order valence-corrected chi connectivity index (χ1v) is 3.20. The molecule has 0 spiro atoms. The molecule has 0 amide bonds. The Hall–Kier alpha value is -0.570. The molecule has 0 aromatic heterocycles. The highest BCUT2D eigenvalue weighted by atomic mass is 15.5. The van der Waals surface area contributed by atoms with E-state index in [9.17, 15) is 0 Å². The van der Waals surface area contributed by atoms with Crippen molar-refractivity contribution >= 4 is 6.34 Å². The van der Waals surface area contributed by atoms with Gasteiger partial charge in [0.25, 0.3) is 0 Å². The van der Waals surface area contributed by atoms with E-state index in [1.807, 2.05) is 12.1 Å². The molecule has 1 N–H and O–H groups in total. The van der Waals surface area contributed by atoms with Gasteiger partial charge < -0.3 is 5.01 Å². The van der Waals surface area contributed by atoms with E-state index in [1.54, 1.807) is 13.4 Å². The monoisotopic (exact) mass is 129 g/mol. The first-order valence-electron chi connectivity index (χ1n) is 3.20. The lowest BCUT2D eigenvalue weighted by molar-refractivity contribution is 0.377. The van der Waals surface area contributed by atoms with Gasteiger partial charge in [0.15, 0.2) is 0 Å². The van der Waals surface area contributed by atoms with Crippen LogP contribution in [0.25, 0.3) is 0 Å². The van der Waals surface area contributed by atoms with Gasteiger partial charge in [-0.2, -0.15) is 0 Å². The zero-order chi connectivity index (χ0) is 7.11. The van der Waals surface area contributed by atoms with Crippen LogP contribution in [0.4, 0.5) is 0 Å². The van der Waals surface area contributed by atoms with Crippen molar-refractivity contribution < 1.29 is 0 Å². The molecule has 0 atom stereocenters. The lowest BCUT2D eigenvalue weighted by atomic mass is 10.5. The first kappa shape index (κ1) is 8.43. The normalized spacial score (nSPS) is 10.6. The summed E-state index contributed by atoms with van der Waals surface area (Å²) in [5.41, 5.74) is 3.12. The van der Waals surface area contributed by atoms with Crippen molar-refractivity contribution in [3.63, 3.8) is 0 Å². The molecular weight excluding hydrogens is 114 g/mol. The minimum absolute atomic E-state index is 1.00. The Morgan fingerprint density at radius 3 is 2.78 bits per heavy atom. The van der Waals surface area contributed by atoms with Gasteiger partial charge in [-0.05, 0) is 6.42 Å². The number of nitrogens with zero attached hydrogens (tertiary/aromatic N) is 2. The van der Waals surface area contributed by atoms with Gasteiger partial charge >= 0.3 is 0 Å². The van der Waals surface area contributed by atoms with E-state index >= 15 is 0 Å². The summed E-state index contributed by atoms with van der Waals surface area (Å²) < 4.78 is 0. The SMILES string of the molecule is CCCNN(C)C=NC. The molecule has 0 saturated carbocycles. The number of rotatable bonds is 4. The Kier molecular flexibility index (Phi) is 5.21. The summed E-state index contributed by atoms with van der Waals surface area (Å²) in [5.74, 6) is 0. The minimum Gasteiger partial charge on any atom is -0.302 e. The number of hydrogen-bond acceptors (Lipinski definition) is 2. The third-order valence-corrected chi connectivity index (χ3v) is 0.900. The van der Waals surface area contributed by atoms with Crippen LogP contribution in [0.3, 0.4) is 0 Å². The molecule has 0 saturated heterocycles. The Morgan fingerprint density at radius 2 is 2.33 bits per heavy atom. The van der Waals surface area contributed by atoms with Crippen molar-refractivity contribution in [3.8, 4) is 0 Å². The van der Waals surface area contributed by atoms with Crippen LogP contribution >= 0.6 is 0 Å². The quantitative estimate of drug-likeness (QED) is 0.340. The third kappa shape index (κ3) is 5.30.